The summed E-state index contributed by atoms with van der Waals surface area (Å²) in [5, 5.41) is 6.08. The van der Waals surface area contributed by atoms with Crippen LogP contribution in [0.1, 0.15) is 33.6 Å². The van der Waals surface area contributed by atoms with Crippen molar-refractivity contribution in [3.63, 3.8) is 0 Å². The second-order valence-corrected chi connectivity index (χ2v) is 16.8. The quantitative estimate of drug-likeness (QED) is 0.228. The van der Waals surface area contributed by atoms with Gasteiger partial charge >= 0.3 is 16.3 Å². The van der Waals surface area contributed by atoms with Gasteiger partial charge in [-0.3, -0.25) is 14.4 Å². The predicted octanol–water partition coefficient (Wildman–Crippen LogP) is 2.78. The van der Waals surface area contributed by atoms with E-state index in [0.29, 0.717) is 28.1 Å². The Hall–Kier alpha value is -5.26. The van der Waals surface area contributed by atoms with Crippen LogP contribution in [-0.4, -0.2) is 117 Å². The van der Waals surface area contributed by atoms with Crippen molar-refractivity contribution in [3.8, 4) is 22.8 Å². The average molecular weight is 793 g/mol. The molecule has 1 aliphatic carbocycles. The minimum Gasteiger partial charge on any atom is -0.497 e. The molecule has 3 fully saturated rings. The van der Waals surface area contributed by atoms with Crippen LogP contribution in [0.25, 0.3) is 22.2 Å². The lowest BCUT2D eigenvalue weighted by molar-refractivity contribution is -0.142. The molecule has 0 radical (unpaired) electrons. The summed E-state index contributed by atoms with van der Waals surface area (Å²) < 4.78 is 51.8. The van der Waals surface area contributed by atoms with Gasteiger partial charge in [-0.05, 0) is 24.0 Å². The Morgan fingerprint density at radius 1 is 1.05 bits per heavy atom. The summed E-state index contributed by atoms with van der Waals surface area (Å²) in [6.07, 6.45) is -0.00568. The largest absolute Gasteiger partial charge is 0.497 e. The number of morpholine rings is 1. The molecule has 3 heterocycles. The van der Waals surface area contributed by atoms with E-state index in [1.807, 2.05) is 36.4 Å². The highest BCUT2D eigenvalue weighted by Gasteiger charge is 2.62. The third kappa shape index (κ3) is 8.44. The zero-order valence-electron chi connectivity index (χ0n) is 32.1. The normalized spacial score (nSPS) is 23.1. The molecule has 16 nitrogen and oxygen atoms in total. The maximum atomic E-state index is 14.5. The summed E-state index contributed by atoms with van der Waals surface area (Å²) >= 11 is 0. The summed E-state index contributed by atoms with van der Waals surface area (Å²) in [5.41, 5.74) is -0.397. The number of likely N-dealkylation sites (tertiary alicyclic amines) is 1. The summed E-state index contributed by atoms with van der Waals surface area (Å²) in [4.78, 5) is 61.3. The lowest BCUT2D eigenvalue weighted by Crippen LogP contribution is -2.60. The molecule has 1 saturated carbocycles. The number of alkyl carbamates (subject to hydrolysis) is 1. The number of ether oxygens (including phenoxy) is 4. The zero-order valence-corrected chi connectivity index (χ0v) is 32.9. The third-order valence-electron chi connectivity index (χ3n) is 10.3. The number of fused-ring (bicyclic) bond motifs is 1. The summed E-state index contributed by atoms with van der Waals surface area (Å²) in [6, 6.07) is 14.4. The number of rotatable bonds is 12. The van der Waals surface area contributed by atoms with Crippen LogP contribution < -0.4 is 24.8 Å². The molecule has 2 saturated heterocycles. The number of hydrogen-bond acceptors (Lipinski definition) is 11. The molecule has 1 unspecified atom stereocenters. The first-order chi connectivity index (χ1) is 26.6. The fraction of sp³-hybridized carbons (Fsp3) is 0.462. The summed E-state index contributed by atoms with van der Waals surface area (Å²) in [6.45, 7) is 9.50. The first-order valence-corrected chi connectivity index (χ1v) is 19.7. The van der Waals surface area contributed by atoms with E-state index in [1.54, 1.807) is 46.1 Å². The van der Waals surface area contributed by atoms with Crippen molar-refractivity contribution in [2.75, 3.05) is 47.1 Å². The van der Waals surface area contributed by atoms with Crippen molar-refractivity contribution in [3.05, 3.63) is 67.3 Å². The maximum absolute atomic E-state index is 14.5. The highest BCUT2D eigenvalue weighted by Crippen LogP contribution is 2.45. The minimum absolute atomic E-state index is 0.00413. The molecular formula is C39H48N6O10S. The van der Waals surface area contributed by atoms with Gasteiger partial charge in [0.1, 0.15) is 35.2 Å². The highest BCUT2D eigenvalue weighted by molar-refractivity contribution is 7.87. The molecule has 3 aliphatic rings. The number of hydrogen-bond donors (Lipinski definition) is 3. The van der Waals surface area contributed by atoms with Crippen LogP contribution >= 0.6 is 0 Å². The first kappa shape index (κ1) is 40.4. The molecule has 3 aromatic rings. The Kier molecular flexibility index (Phi) is 11.6. The van der Waals surface area contributed by atoms with E-state index >= 15 is 0 Å². The van der Waals surface area contributed by atoms with Crippen LogP contribution in [0.15, 0.2) is 67.3 Å². The Labute approximate surface area is 326 Å². The van der Waals surface area contributed by atoms with Crippen molar-refractivity contribution >= 4 is 44.9 Å². The van der Waals surface area contributed by atoms with E-state index in [1.165, 1.54) is 18.1 Å². The maximum Gasteiger partial charge on any atom is 0.407 e. The minimum atomic E-state index is -4.25. The molecule has 0 spiro atoms. The molecule has 2 aliphatic heterocycles. The molecule has 5 atom stereocenters. The van der Waals surface area contributed by atoms with Crippen LogP contribution in [0.2, 0.25) is 0 Å². The Morgan fingerprint density at radius 3 is 2.39 bits per heavy atom. The predicted molar refractivity (Wildman–Crippen MR) is 206 cm³/mol. The van der Waals surface area contributed by atoms with Crippen LogP contribution in [0.5, 0.6) is 11.5 Å². The van der Waals surface area contributed by atoms with E-state index < -0.39 is 69.1 Å². The van der Waals surface area contributed by atoms with E-state index in [-0.39, 0.29) is 45.7 Å². The second kappa shape index (κ2) is 16.1. The molecule has 0 bridgehead atoms. The molecule has 3 N–H and O–H groups in total. The number of pyridine rings is 1. The standard InChI is InChI=1S/C39H48N6O10S/c1-7-25-22-39(25,36(48)43-56(50,51)44-15-17-54-18-16-44)42-34(46)31-20-27(23-45(31)35(47)33(38(2,3)4)41-37(49)53-6)55-32-21-29(24-11-9-8-10-12-24)40-30-19-26(52-5)13-14-28(30)32/h7-14,19,21,25,27,31,33H,1,15-18,20,22-23H2,2-6H3,(H,41,49)(H,42,46)(H,43,48)/t25?,27-,31+,33-,39-/m1/s1. The van der Waals surface area contributed by atoms with Gasteiger partial charge < -0.3 is 34.5 Å². The number of benzene rings is 2. The Bertz CT molecular complexity index is 2100. The van der Waals surface area contributed by atoms with Crippen molar-refractivity contribution in [2.24, 2.45) is 11.3 Å². The number of nitrogens with one attached hydrogen (secondary N) is 3. The van der Waals surface area contributed by atoms with E-state index in [2.05, 4.69) is 21.9 Å². The Balaban J connectivity index is 1.33. The average Bonchev–Trinajstić information content (AvgIpc) is 3.75. The number of carbonyl (C=O) groups is 4. The fourth-order valence-electron chi connectivity index (χ4n) is 7.10. The van der Waals surface area contributed by atoms with Crippen molar-refractivity contribution in [1.29, 1.82) is 0 Å². The fourth-order valence-corrected chi connectivity index (χ4v) is 8.28. The van der Waals surface area contributed by atoms with E-state index in [9.17, 15) is 27.6 Å². The number of aromatic nitrogens is 1. The van der Waals surface area contributed by atoms with Crippen molar-refractivity contribution in [2.45, 2.75) is 57.3 Å². The van der Waals surface area contributed by atoms with Gasteiger partial charge in [0.25, 0.3) is 5.91 Å². The van der Waals surface area contributed by atoms with Crippen molar-refractivity contribution < 1.29 is 46.5 Å². The van der Waals surface area contributed by atoms with Crippen LogP contribution in [0.4, 0.5) is 4.79 Å². The van der Waals surface area contributed by atoms with Gasteiger partial charge in [-0.25, -0.2) is 14.5 Å². The summed E-state index contributed by atoms with van der Waals surface area (Å²) in [7, 11) is -1.51. The molecule has 1 aromatic heterocycles. The molecule has 300 valence electrons. The lowest BCUT2D eigenvalue weighted by Gasteiger charge is -2.35. The molecule has 6 rings (SSSR count). The molecular weight excluding hydrogens is 745 g/mol. The zero-order chi connectivity index (χ0) is 40.4. The smallest absolute Gasteiger partial charge is 0.407 e. The number of amides is 4. The third-order valence-corrected chi connectivity index (χ3v) is 11.8. The first-order valence-electron chi connectivity index (χ1n) is 18.3. The number of carbonyl (C=O) groups excluding carboxylic acids is 4. The molecule has 17 heteroatoms. The molecule has 2 aromatic carbocycles. The SMILES string of the molecule is C=CC1C[C@]1(NC(=O)[C@@H]1C[C@@H](Oc2cc(-c3ccccc3)nc3cc(OC)ccc23)CN1C(=O)[C@@H](NC(=O)OC)C(C)(C)C)C(=O)NS(=O)(=O)N1CCOCC1. The monoisotopic (exact) mass is 792 g/mol. The van der Waals surface area contributed by atoms with E-state index in [4.69, 9.17) is 23.9 Å². The second-order valence-electron chi connectivity index (χ2n) is 15.1. The van der Waals surface area contributed by atoms with Gasteiger partial charge in [0.2, 0.25) is 11.8 Å². The van der Waals surface area contributed by atoms with Gasteiger partial charge in [0.05, 0.1) is 45.2 Å². The summed E-state index contributed by atoms with van der Waals surface area (Å²) in [5.74, 6) is -1.73. The molecule has 4 amide bonds. The molecule has 56 heavy (non-hydrogen) atoms. The van der Waals surface area contributed by atoms with Gasteiger partial charge in [0, 0.05) is 48.5 Å². The van der Waals surface area contributed by atoms with Gasteiger partial charge in [-0.15, -0.1) is 6.58 Å². The van der Waals surface area contributed by atoms with Crippen LogP contribution in [0, 0.1) is 11.3 Å². The van der Waals surface area contributed by atoms with Crippen LogP contribution in [-0.2, 0) is 34.1 Å². The topological polar surface area (TPSA) is 195 Å². The van der Waals surface area contributed by atoms with Crippen LogP contribution in [0.3, 0.4) is 0 Å². The number of methoxy groups -OCH3 is 2. The Morgan fingerprint density at radius 2 is 1.77 bits per heavy atom. The number of nitrogens with zero attached hydrogens (tertiary/aromatic N) is 3. The van der Waals surface area contributed by atoms with Gasteiger partial charge in [-0.2, -0.15) is 12.7 Å². The van der Waals surface area contributed by atoms with Gasteiger partial charge in [-0.1, -0.05) is 57.2 Å². The van der Waals surface area contributed by atoms with E-state index in [0.717, 1.165) is 9.87 Å². The lowest BCUT2D eigenvalue weighted by atomic mass is 9.85. The van der Waals surface area contributed by atoms with Gasteiger partial charge in [0.15, 0.2) is 0 Å². The van der Waals surface area contributed by atoms with Crippen molar-refractivity contribution in [1.82, 2.24) is 29.5 Å². The highest BCUT2D eigenvalue weighted by atomic mass is 32.2.